The van der Waals surface area contributed by atoms with E-state index in [1.54, 1.807) is 0 Å². The quantitative estimate of drug-likeness (QED) is 0.853. The summed E-state index contributed by atoms with van der Waals surface area (Å²) in [6, 6.07) is 8.58. The van der Waals surface area contributed by atoms with Crippen molar-refractivity contribution in [2.75, 3.05) is 6.54 Å². The van der Waals surface area contributed by atoms with Crippen LogP contribution in [0.4, 0.5) is 4.79 Å². The first-order valence-electron chi connectivity index (χ1n) is 6.72. The van der Waals surface area contributed by atoms with Crippen LogP contribution in [0, 0.1) is 6.92 Å². The van der Waals surface area contributed by atoms with Gasteiger partial charge in [0.2, 0.25) is 0 Å². The summed E-state index contributed by atoms with van der Waals surface area (Å²) < 4.78 is 0. The van der Waals surface area contributed by atoms with Gasteiger partial charge >= 0.3 is 6.03 Å². The molecule has 1 fully saturated rings. The number of hydrogen-bond donors (Lipinski definition) is 2. The molecule has 1 aromatic heterocycles. The second kappa shape index (κ2) is 4.30. The van der Waals surface area contributed by atoms with Crippen LogP contribution in [-0.2, 0) is 0 Å². The molecule has 2 aromatic rings. The second-order valence-corrected chi connectivity index (χ2v) is 5.46. The molecule has 1 saturated heterocycles. The van der Waals surface area contributed by atoms with Crippen LogP contribution in [0.1, 0.15) is 31.1 Å². The SMILES string of the molecule is Cc1[nH]c2ccccc2c1C1CN(C(C)C)C(=O)N1. The Labute approximate surface area is 112 Å². The first kappa shape index (κ1) is 12.1. The van der Waals surface area contributed by atoms with Gasteiger partial charge in [-0.1, -0.05) is 18.2 Å². The van der Waals surface area contributed by atoms with E-state index in [0.29, 0.717) is 0 Å². The fraction of sp³-hybridized carbons (Fsp3) is 0.400. The summed E-state index contributed by atoms with van der Waals surface area (Å²) >= 11 is 0. The van der Waals surface area contributed by atoms with Gasteiger partial charge in [-0.3, -0.25) is 0 Å². The molecule has 0 aliphatic carbocycles. The number of nitrogens with one attached hydrogen (secondary N) is 2. The number of aryl methyl sites for hydroxylation is 1. The molecule has 2 N–H and O–H groups in total. The number of aromatic amines is 1. The van der Waals surface area contributed by atoms with Crippen LogP contribution in [0.5, 0.6) is 0 Å². The Morgan fingerprint density at radius 3 is 2.74 bits per heavy atom. The average Bonchev–Trinajstić information content (AvgIpc) is 2.88. The van der Waals surface area contributed by atoms with Gasteiger partial charge in [-0.15, -0.1) is 0 Å². The molecule has 4 heteroatoms. The molecular formula is C15H19N3O. The first-order chi connectivity index (χ1) is 9.08. The zero-order valence-electron chi connectivity index (χ0n) is 11.5. The maximum Gasteiger partial charge on any atom is 0.318 e. The van der Waals surface area contributed by atoms with E-state index in [1.165, 1.54) is 10.9 Å². The van der Waals surface area contributed by atoms with Crippen molar-refractivity contribution in [3.8, 4) is 0 Å². The Hall–Kier alpha value is -1.97. The van der Waals surface area contributed by atoms with Gasteiger partial charge < -0.3 is 15.2 Å². The molecule has 19 heavy (non-hydrogen) atoms. The van der Waals surface area contributed by atoms with Crippen molar-refractivity contribution in [1.82, 2.24) is 15.2 Å². The maximum atomic E-state index is 12.0. The molecule has 2 amide bonds. The average molecular weight is 257 g/mol. The van der Waals surface area contributed by atoms with Crippen molar-refractivity contribution in [2.45, 2.75) is 32.9 Å². The highest BCUT2D eigenvalue weighted by molar-refractivity contribution is 5.87. The topological polar surface area (TPSA) is 48.1 Å². The van der Waals surface area contributed by atoms with Crippen LogP contribution in [0.25, 0.3) is 10.9 Å². The third-order valence-corrected chi connectivity index (χ3v) is 3.85. The summed E-state index contributed by atoms with van der Waals surface area (Å²) in [5.74, 6) is 0. The molecule has 1 aromatic carbocycles. The second-order valence-electron chi connectivity index (χ2n) is 5.46. The minimum Gasteiger partial charge on any atom is -0.358 e. The Kier molecular flexibility index (Phi) is 2.73. The molecule has 1 unspecified atom stereocenters. The van der Waals surface area contributed by atoms with E-state index in [4.69, 9.17) is 0 Å². The minimum absolute atomic E-state index is 0.0321. The van der Waals surface area contributed by atoms with Crippen molar-refractivity contribution >= 4 is 16.9 Å². The molecule has 0 saturated carbocycles. The molecule has 4 nitrogen and oxygen atoms in total. The Bertz CT molecular complexity index is 629. The Morgan fingerprint density at radius 2 is 2.05 bits per heavy atom. The highest BCUT2D eigenvalue weighted by Gasteiger charge is 2.33. The van der Waals surface area contributed by atoms with Gasteiger partial charge in [0.25, 0.3) is 0 Å². The predicted octanol–water partition coefficient (Wildman–Crippen LogP) is 2.95. The monoisotopic (exact) mass is 257 g/mol. The van der Waals surface area contributed by atoms with Crippen molar-refractivity contribution in [1.29, 1.82) is 0 Å². The van der Waals surface area contributed by atoms with Crippen LogP contribution >= 0.6 is 0 Å². The third-order valence-electron chi connectivity index (χ3n) is 3.85. The number of fused-ring (bicyclic) bond motifs is 1. The number of benzene rings is 1. The molecule has 3 rings (SSSR count). The number of nitrogens with zero attached hydrogens (tertiary/aromatic N) is 1. The van der Waals surface area contributed by atoms with Gasteiger partial charge in [0.15, 0.2) is 0 Å². The smallest absolute Gasteiger partial charge is 0.318 e. The molecule has 1 aliphatic heterocycles. The molecule has 1 atom stereocenters. The minimum atomic E-state index is 0.0321. The number of hydrogen-bond acceptors (Lipinski definition) is 1. The van der Waals surface area contributed by atoms with Crippen LogP contribution in [0.3, 0.4) is 0 Å². The highest BCUT2D eigenvalue weighted by Crippen LogP contribution is 2.31. The number of carbonyl (C=O) groups is 1. The Balaban J connectivity index is 2.02. The molecule has 2 heterocycles. The molecule has 0 radical (unpaired) electrons. The van der Waals surface area contributed by atoms with Gasteiger partial charge in [0.1, 0.15) is 0 Å². The van der Waals surface area contributed by atoms with Gasteiger partial charge in [0.05, 0.1) is 6.04 Å². The summed E-state index contributed by atoms with van der Waals surface area (Å²) in [5, 5.41) is 4.29. The lowest BCUT2D eigenvalue weighted by atomic mass is 10.0. The third kappa shape index (κ3) is 1.87. The van der Waals surface area contributed by atoms with Crippen LogP contribution in [0.2, 0.25) is 0 Å². The first-order valence-corrected chi connectivity index (χ1v) is 6.72. The van der Waals surface area contributed by atoms with E-state index in [9.17, 15) is 4.79 Å². The largest absolute Gasteiger partial charge is 0.358 e. The van der Waals surface area contributed by atoms with Crippen molar-refractivity contribution in [3.05, 3.63) is 35.5 Å². The number of carbonyl (C=O) groups excluding carboxylic acids is 1. The van der Waals surface area contributed by atoms with Gasteiger partial charge in [-0.25, -0.2) is 4.79 Å². The highest BCUT2D eigenvalue weighted by atomic mass is 16.2. The van der Waals surface area contributed by atoms with Crippen molar-refractivity contribution < 1.29 is 4.79 Å². The number of urea groups is 1. The van der Waals surface area contributed by atoms with Crippen molar-refractivity contribution in [3.63, 3.8) is 0 Å². The van der Waals surface area contributed by atoms with Gasteiger partial charge in [-0.2, -0.15) is 0 Å². The lowest BCUT2D eigenvalue weighted by Gasteiger charge is -2.18. The molecular weight excluding hydrogens is 238 g/mol. The summed E-state index contributed by atoms with van der Waals surface area (Å²) in [5.41, 5.74) is 3.48. The van der Waals surface area contributed by atoms with Crippen LogP contribution < -0.4 is 5.32 Å². The van der Waals surface area contributed by atoms with E-state index in [1.807, 2.05) is 30.9 Å². The summed E-state index contributed by atoms with van der Waals surface area (Å²) in [4.78, 5) is 17.2. The van der Waals surface area contributed by atoms with E-state index in [2.05, 4.69) is 29.4 Å². The van der Waals surface area contributed by atoms with E-state index in [0.717, 1.165) is 17.8 Å². The predicted molar refractivity (Wildman–Crippen MR) is 76.2 cm³/mol. The lowest BCUT2D eigenvalue weighted by Crippen LogP contribution is -2.33. The number of amides is 2. The normalized spacial score (nSPS) is 19.5. The summed E-state index contributed by atoms with van der Waals surface area (Å²) in [7, 11) is 0. The van der Waals surface area contributed by atoms with E-state index >= 15 is 0 Å². The molecule has 0 bridgehead atoms. The number of rotatable bonds is 2. The van der Waals surface area contributed by atoms with Crippen LogP contribution in [0.15, 0.2) is 24.3 Å². The standard InChI is InChI=1S/C15H19N3O/c1-9(2)18-8-13(17-15(18)19)14-10(3)16-12-7-5-4-6-11(12)14/h4-7,9,13,16H,8H2,1-3H3,(H,17,19). The maximum absolute atomic E-state index is 12.0. The number of aromatic nitrogens is 1. The van der Waals surface area contributed by atoms with E-state index < -0.39 is 0 Å². The number of H-pyrrole nitrogens is 1. The zero-order valence-corrected chi connectivity index (χ0v) is 11.5. The van der Waals surface area contributed by atoms with E-state index in [-0.39, 0.29) is 18.1 Å². The summed E-state index contributed by atoms with van der Waals surface area (Å²) in [6.45, 7) is 6.90. The fourth-order valence-corrected chi connectivity index (χ4v) is 2.91. The lowest BCUT2D eigenvalue weighted by molar-refractivity contribution is 0.206. The molecule has 100 valence electrons. The number of para-hydroxylation sites is 1. The summed E-state index contributed by atoms with van der Waals surface area (Å²) in [6.07, 6.45) is 0. The molecule has 0 spiro atoms. The van der Waals surface area contributed by atoms with Gasteiger partial charge in [0, 0.05) is 34.7 Å². The Morgan fingerprint density at radius 1 is 1.32 bits per heavy atom. The zero-order chi connectivity index (χ0) is 13.6. The molecule has 1 aliphatic rings. The van der Waals surface area contributed by atoms with Gasteiger partial charge in [-0.05, 0) is 26.8 Å². The fourth-order valence-electron chi connectivity index (χ4n) is 2.91. The van der Waals surface area contributed by atoms with Crippen molar-refractivity contribution in [2.24, 2.45) is 0 Å². The van der Waals surface area contributed by atoms with Crippen LogP contribution in [-0.4, -0.2) is 28.5 Å².